The molecule has 0 aliphatic rings. The van der Waals surface area contributed by atoms with Crippen molar-refractivity contribution in [3.63, 3.8) is 0 Å². The van der Waals surface area contributed by atoms with Crippen LogP contribution in [0.25, 0.3) is 0 Å². The van der Waals surface area contributed by atoms with Crippen LogP contribution < -0.4 is 21.1 Å². The summed E-state index contributed by atoms with van der Waals surface area (Å²) in [4.78, 5) is 24.7. The molecule has 0 aliphatic heterocycles. The fraction of sp³-hybridized carbons (Fsp3) is 0.333. The predicted octanol–water partition coefficient (Wildman–Crippen LogP) is 3.47. The lowest BCUT2D eigenvalue weighted by Crippen LogP contribution is -2.30. The molecule has 6 nitrogen and oxygen atoms in total. The van der Waals surface area contributed by atoms with E-state index < -0.39 is 0 Å². The van der Waals surface area contributed by atoms with Gasteiger partial charge in [0.15, 0.2) is 0 Å². The number of carbonyl (C=O) groups excluding carboxylic acids is 2. The molecule has 2 rings (SSSR count). The van der Waals surface area contributed by atoms with Crippen molar-refractivity contribution < 1.29 is 14.3 Å². The Hall–Kier alpha value is -2.57. The van der Waals surface area contributed by atoms with Crippen molar-refractivity contribution in [1.82, 2.24) is 5.32 Å². The Morgan fingerprint density at radius 3 is 2.36 bits per heavy atom. The van der Waals surface area contributed by atoms with Gasteiger partial charge >= 0.3 is 0 Å². The number of benzene rings is 2. The van der Waals surface area contributed by atoms with Gasteiger partial charge in [-0.05, 0) is 48.7 Å². The van der Waals surface area contributed by atoms with E-state index in [4.69, 9.17) is 10.5 Å². The lowest BCUT2D eigenvalue weighted by molar-refractivity contribution is 0.0955. The van der Waals surface area contributed by atoms with Crippen molar-refractivity contribution in [2.45, 2.75) is 20.3 Å². The van der Waals surface area contributed by atoms with Crippen LogP contribution in [0.5, 0.6) is 5.75 Å². The molecule has 0 radical (unpaired) electrons. The molecule has 4 N–H and O–H groups in total. The van der Waals surface area contributed by atoms with Gasteiger partial charge in [0.2, 0.25) is 0 Å². The Morgan fingerprint density at radius 2 is 1.71 bits per heavy atom. The minimum atomic E-state index is -0.289. The molecule has 0 saturated heterocycles. The topological polar surface area (TPSA) is 93.4 Å². The quantitative estimate of drug-likeness (QED) is 0.595. The summed E-state index contributed by atoms with van der Waals surface area (Å²) in [5.74, 6) is 0.749. The Balaban J connectivity index is 0.00000392. The van der Waals surface area contributed by atoms with Crippen LogP contribution in [0.3, 0.4) is 0 Å². The van der Waals surface area contributed by atoms with Crippen molar-refractivity contribution in [2.75, 3.05) is 25.0 Å². The lowest BCUT2D eigenvalue weighted by Gasteiger charge is -2.12. The first kappa shape index (κ1) is 23.5. The van der Waals surface area contributed by atoms with Gasteiger partial charge in [-0.25, -0.2) is 0 Å². The molecule has 152 valence electrons. The third-order valence-electron chi connectivity index (χ3n) is 3.93. The highest BCUT2D eigenvalue weighted by atomic mass is 35.5. The van der Waals surface area contributed by atoms with Crippen LogP contribution in [-0.4, -0.2) is 31.5 Å². The summed E-state index contributed by atoms with van der Waals surface area (Å²) in [6.07, 6.45) is 0.977. The fourth-order valence-corrected chi connectivity index (χ4v) is 2.38. The van der Waals surface area contributed by atoms with Gasteiger partial charge in [-0.2, -0.15) is 0 Å². The lowest BCUT2D eigenvalue weighted by atomic mass is 10.1. The molecule has 0 aliphatic carbocycles. The molecule has 0 unspecified atom stereocenters. The predicted molar refractivity (Wildman–Crippen MR) is 114 cm³/mol. The van der Waals surface area contributed by atoms with Crippen molar-refractivity contribution >= 4 is 29.9 Å². The molecule has 2 aromatic carbocycles. The largest absolute Gasteiger partial charge is 0.494 e. The van der Waals surface area contributed by atoms with Gasteiger partial charge in [-0.1, -0.05) is 26.0 Å². The van der Waals surface area contributed by atoms with Crippen LogP contribution in [0.1, 0.15) is 41.0 Å². The Bertz CT molecular complexity index is 764. The summed E-state index contributed by atoms with van der Waals surface area (Å²) in [6.45, 7) is 5.66. The number of amides is 2. The molecule has 2 amide bonds. The summed E-state index contributed by atoms with van der Waals surface area (Å²) < 4.78 is 5.66. The van der Waals surface area contributed by atoms with E-state index in [2.05, 4.69) is 24.5 Å². The van der Waals surface area contributed by atoms with E-state index in [1.807, 2.05) is 0 Å². The van der Waals surface area contributed by atoms with E-state index in [-0.39, 0.29) is 24.2 Å². The normalized spacial score (nSPS) is 10.1. The minimum Gasteiger partial charge on any atom is -0.494 e. The first-order chi connectivity index (χ1) is 13.0. The third-order valence-corrected chi connectivity index (χ3v) is 3.93. The smallest absolute Gasteiger partial charge is 0.255 e. The number of anilines is 1. The second kappa shape index (κ2) is 12.0. The molecule has 2 aromatic rings. The highest BCUT2D eigenvalue weighted by molar-refractivity contribution is 6.09. The number of hydrogen-bond donors (Lipinski definition) is 3. The number of nitrogens with one attached hydrogen (secondary N) is 2. The average molecular weight is 406 g/mol. The van der Waals surface area contributed by atoms with Crippen molar-refractivity contribution in [2.24, 2.45) is 11.7 Å². The molecule has 0 fully saturated rings. The molecule has 0 aromatic heterocycles. The maximum Gasteiger partial charge on any atom is 0.255 e. The SMILES string of the molecule is CC(C)CCOc1ccc(C(=O)Nc2ccccc2C(=O)NCCN)cc1.Cl. The number of para-hydroxylation sites is 1. The monoisotopic (exact) mass is 405 g/mol. The molecule has 7 heteroatoms. The molecule has 0 heterocycles. The average Bonchev–Trinajstić information content (AvgIpc) is 2.66. The van der Waals surface area contributed by atoms with E-state index in [0.717, 1.165) is 12.2 Å². The summed E-state index contributed by atoms with van der Waals surface area (Å²) >= 11 is 0. The molecule has 0 saturated carbocycles. The van der Waals surface area contributed by atoms with Crippen LogP contribution in [0.4, 0.5) is 5.69 Å². The first-order valence-corrected chi connectivity index (χ1v) is 9.12. The Kier molecular flexibility index (Phi) is 10.1. The van der Waals surface area contributed by atoms with Gasteiger partial charge in [0, 0.05) is 18.7 Å². The maximum absolute atomic E-state index is 12.5. The Morgan fingerprint density at radius 1 is 1.04 bits per heavy atom. The van der Waals surface area contributed by atoms with E-state index in [1.54, 1.807) is 48.5 Å². The number of carbonyl (C=O) groups is 2. The second-order valence-electron chi connectivity index (χ2n) is 6.60. The molecular weight excluding hydrogens is 378 g/mol. The highest BCUT2D eigenvalue weighted by Gasteiger charge is 2.13. The van der Waals surface area contributed by atoms with Gasteiger partial charge in [-0.15, -0.1) is 12.4 Å². The van der Waals surface area contributed by atoms with Crippen LogP contribution in [0, 0.1) is 5.92 Å². The zero-order chi connectivity index (χ0) is 19.6. The summed E-state index contributed by atoms with van der Waals surface area (Å²) in [7, 11) is 0. The highest BCUT2D eigenvalue weighted by Crippen LogP contribution is 2.18. The molecule has 0 bridgehead atoms. The number of ether oxygens (including phenoxy) is 1. The number of halogens is 1. The van der Waals surface area contributed by atoms with E-state index >= 15 is 0 Å². The van der Waals surface area contributed by atoms with E-state index in [9.17, 15) is 9.59 Å². The number of hydrogen-bond acceptors (Lipinski definition) is 4. The van der Waals surface area contributed by atoms with Crippen LogP contribution in [-0.2, 0) is 0 Å². The van der Waals surface area contributed by atoms with Gasteiger partial charge < -0.3 is 21.1 Å². The maximum atomic E-state index is 12.5. The van der Waals surface area contributed by atoms with E-state index in [1.165, 1.54) is 0 Å². The van der Waals surface area contributed by atoms with E-state index in [0.29, 0.717) is 42.4 Å². The number of nitrogens with two attached hydrogens (primary N) is 1. The third kappa shape index (κ3) is 7.21. The first-order valence-electron chi connectivity index (χ1n) is 9.12. The van der Waals surface area contributed by atoms with Gasteiger partial charge in [0.05, 0.1) is 17.9 Å². The molecule has 0 atom stereocenters. The summed E-state index contributed by atoms with van der Waals surface area (Å²) in [6, 6.07) is 13.8. The van der Waals surface area contributed by atoms with Crippen LogP contribution in [0.15, 0.2) is 48.5 Å². The van der Waals surface area contributed by atoms with Crippen molar-refractivity contribution in [3.05, 3.63) is 59.7 Å². The summed E-state index contributed by atoms with van der Waals surface area (Å²) in [5.41, 5.74) is 6.75. The molecule has 28 heavy (non-hydrogen) atoms. The second-order valence-corrected chi connectivity index (χ2v) is 6.60. The molecule has 0 spiro atoms. The van der Waals surface area contributed by atoms with Crippen molar-refractivity contribution in [1.29, 1.82) is 0 Å². The zero-order valence-corrected chi connectivity index (χ0v) is 17.1. The number of rotatable bonds is 9. The fourth-order valence-electron chi connectivity index (χ4n) is 2.38. The molecular formula is C21H28ClN3O3. The van der Waals surface area contributed by atoms with Crippen molar-refractivity contribution in [3.8, 4) is 5.75 Å². The summed E-state index contributed by atoms with van der Waals surface area (Å²) in [5, 5.41) is 5.50. The van der Waals surface area contributed by atoms with Gasteiger partial charge in [0.25, 0.3) is 11.8 Å². The zero-order valence-electron chi connectivity index (χ0n) is 16.2. The standard InChI is InChI=1S/C21H27N3O3.ClH/c1-15(2)11-14-27-17-9-7-16(8-10-17)20(25)24-19-6-4-3-5-18(19)21(26)23-13-12-22;/h3-10,15H,11-14,22H2,1-2H3,(H,23,26)(H,24,25);1H. The van der Waals surface area contributed by atoms with Gasteiger partial charge in [-0.3, -0.25) is 9.59 Å². The Labute approximate surface area is 172 Å². The van der Waals surface area contributed by atoms with Crippen LogP contribution >= 0.6 is 12.4 Å². The van der Waals surface area contributed by atoms with Crippen LogP contribution in [0.2, 0.25) is 0 Å². The minimum absolute atomic E-state index is 0. The van der Waals surface area contributed by atoms with Gasteiger partial charge in [0.1, 0.15) is 5.75 Å².